The van der Waals surface area contributed by atoms with Gasteiger partial charge in [0.1, 0.15) is 5.75 Å². The summed E-state index contributed by atoms with van der Waals surface area (Å²) in [6.07, 6.45) is 0.120. The number of morpholine rings is 1. The minimum absolute atomic E-state index is 0.0606. The number of carbonyl (C=O) groups excluding carboxylic acids is 1. The van der Waals surface area contributed by atoms with Crippen LogP contribution in [-0.4, -0.2) is 49.8 Å². The number of ether oxygens (including phenoxy) is 2. The quantitative estimate of drug-likeness (QED) is 0.808. The number of carbonyl (C=O) groups is 1. The summed E-state index contributed by atoms with van der Waals surface area (Å²) in [4.78, 5) is 14.9. The normalized spacial score (nSPS) is 16.4. The molecule has 0 spiro atoms. The third-order valence-corrected chi connectivity index (χ3v) is 5.06. The van der Waals surface area contributed by atoms with Crippen molar-refractivity contribution in [2.75, 3.05) is 32.8 Å². The molecule has 2 heterocycles. The van der Waals surface area contributed by atoms with Gasteiger partial charge in [-0.05, 0) is 60.5 Å². The summed E-state index contributed by atoms with van der Waals surface area (Å²) in [5.41, 5.74) is 1.89. The van der Waals surface area contributed by atoms with Gasteiger partial charge in [-0.1, -0.05) is 0 Å². The van der Waals surface area contributed by atoms with Gasteiger partial charge in [0.15, 0.2) is 0 Å². The second-order valence-corrected chi connectivity index (χ2v) is 7.40. The first-order valence-electron chi connectivity index (χ1n) is 9.02. The first kappa shape index (κ1) is 18.9. The van der Waals surface area contributed by atoms with E-state index in [1.807, 2.05) is 26.0 Å². The van der Waals surface area contributed by atoms with Crippen molar-refractivity contribution >= 4 is 17.2 Å². The molecule has 0 bridgehead atoms. The minimum Gasteiger partial charge on any atom is -0.491 e. The fourth-order valence-electron chi connectivity index (χ4n) is 3.06. The van der Waals surface area contributed by atoms with Crippen LogP contribution in [0.1, 0.15) is 35.8 Å². The fourth-order valence-corrected chi connectivity index (χ4v) is 3.77. The predicted molar refractivity (Wildman–Crippen MR) is 104 cm³/mol. The molecular weight excluding hydrogens is 348 g/mol. The number of thiophene rings is 1. The van der Waals surface area contributed by atoms with E-state index >= 15 is 0 Å². The Kier molecular flexibility index (Phi) is 6.66. The third kappa shape index (κ3) is 5.06. The van der Waals surface area contributed by atoms with E-state index < -0.39 is 0 Å². The number of amides is 1. The Morgan fingerprint density at radius 3 is 2.58 bits per heavy atom. The lowest BCUT2D eigenvalue weighted by Crippen LogP contribution is -2.43. The summed E-state index contributed by atoms with van der Waals surface area (Å²) < 4.78 is 11.1. The summed E-state index contributed by atoms with van der Waals surface area (Å²) >= 11 is 1.68. The Balaban J connectivity index is 1.62. The van der Waals surface area contributed by atoms with E-state index in [4.69, 9.17) is 9.47 Å². The first-order chi connectivity index (χ1) is 12.6. The highest BCUT2D eigenvalue weighted by Crippen LogP contribution is 2.23. The molecule has 1 aromatic heterocycles. The van der Waals surface area contributed by atoms with E-state index in [0.717, 1.165) is 32.1 Å². The number of hydrogen-bond acceptors (Lipinski definition) is 5. The van der Waals surface area contributed by atoms with Gasteiger partial charge < -0.3 is 14.8 Å². The zero-order valence-electron chi connectivity index (χ0n) is 15.3. The van der Waals surface area contributed by atoms with Crippen LogP contribution in [0.5, 0.6) is 5.75 Å². The molecule has 0 aliphatic carbocycles. The Labute approximate surface area is 158 Å². The molecule has 26 heavy (non-hydrogen) atoms. The SMILES string of the molecule is CC(C)Oc1ccc(C(=O)NCC(c2ccsc2)N2CCOCC2)cc1. The average molecular weight is 375 g/mol. The number of nitrogens with one attached hydrogen (secondary N) is 1. The molecule has 1 fully saturated rings. The Morgan fingerprint density at radius 2 is 1.96 bits per heavy atom. The average Bonchev–Trinajstić information content (AvgIpc) is 3.17. The lowest BCUT2D eigenvalue weighted by Gasteiger charge is -2.34. The molecule has 1 aromatic carbocycles. The molecule has 1 amide bonds. The Bertz CT molecular complexity index is 680. The van der Waals surface area contributed by atoms with Gasteiger partial charge in [-0.25, -0.2) is 0 Å². The van der Waals surface area contributed by atoms with Crippen molar-refractivity contribution in [1.29, 1.82) is 0 Å². The molecule has 1 unspecified atom stereocenters. The van der Waals surface area contributed by atoms with Crippen LogP contribution in [0.2, 0.25) is 0 Å². The van der Waals surface area contributed by atoms with Crippen molar-refractivity contribution in [1.82, 2.24) is 10.2 Å². The van der Waals surface area contributed by atoms with Gasteiger partial charge in [-0.15, -0.1) is 0 Å². The standard InChI is InChI=1S/C20H26N2O3S/c1-15(2)25-18-5-3-16(4-6-18)20(23)21-13-19(17-7-12-26-14-17)22-8-10-24-11-9-22/h3-7,12,14-15,19H,8-11,13H2,1-2H3,(H,21,23). The summed E-state index contributed by atoms with van der Waals surface area (Å²) in [7, 11) is 0. The van der Waals surface area contributed by atoms with Crippen molar-refractivity contribution < 1.29 is 14.3 Å². The molecule has 3 rings (SSSR count). The smallest absolute Gasteiger partial charge is 0.251 e. The lowest BCUT2D eigenvalue weighted by molar-refractivity contribution is 0.0163. The van der Waals surface area contributed by atoms with E-state index in [-0.39, 0.29) is 18.1 Å². The van der Waals surface area contributed by atoms with Gasteiger partial charge in [0.2, 0.25) is 0 Å². The van der Waals surface area contributed by atoms with Crippen LogP contribution in [0.25, 0.3) is 0 Å². The summed E-state index contributed by atoms with van der Waals surface area (Å²) in [5.74, 6) is 0.718. The van der Waals surface area contributed by atoms with Crippen LogP contribution in [-0.2, 0) is 4.74 Å². The molecule has 1 N–H and O–H groups in total. The van der Waals surface area contributed by atoms with Gasteiger partial charge in [0.25, 0.3) is 5.91 Å². The molecule has 1 saturated heterocycles. The van der Waals surface area contributed by atoms with Crippen LogP contribution in [0.3, 0.4) is 0 Å². The van der Waals surface area contributed by atoms with Crippen molar-refractivity contribution in [3.63, 3.8) is 0 Å². The second kappa shape index (κ2) is 9.16. The van der Waals surface area contributed by atoms with E-state index in [1.165, 1.54) is 5.56 Å². The maximum atomic E-state index is 12.5. The highest BCUT2D eigenvalue weighted by atomic mass is 32.1. The molecule has 1 atom stereocenters. The Hall–Kier alpha value is -1.89. The predicted octanol–water partition coefficient (Wildman–Crippen LogP) is 3.34. The number of benzene rings is 1. The van der Waals surface area contributed by atoms with Crippen molar-refractivity contribution in [2.24, 2.45) is 0 Å². The van der Waals surface area contributed by atoms with Gasteiger partial charge in [0.05, 0.1) is 25.4 Å². The zero-order chi connectivity index (χ0) is 18.4. The highest BCUT2D eigenvalue weighted by molar-refractivity contribution is 7.07. The molecule has 0 radical (unpaired) electrons. The van der Waals surface area contributed by atoms with E-state index in [1.54, 1.807) is 23.5 Å². The maximum Gasteiger partial charge on any atom is 0.251 e. The topological polar surface area (TPSA) is 50.8 Å². The van der Waals surface area contributed by atoms with E-state index in [0.29, 0.717) is 12.1 Å². The van der Waals surface area contributed by atoms with Gasteiger partial charge in [0, 0.05) is 25.2 Å². The van der Waals surface area contributed by atoms with Gasteiger partial charge in [-0.3, -0.25) is 9.69 Å². The third-order valence-electron chi connectivity index (χ3n) is 4.36. The van der Waals surface area contributed by atoms with Crippen LogP contribution in [0.15, 0.2) is 41.1 Å². The molecule has 140 valence electrons. The van der Waals surface area contributed by atoms with Crippen molar-refractivity contribution in [3.05, 3.63) is 52.2 Å². The maximum absolute atomic E-state index is 12.5. The molecule has 2 aromatic rings. The van der Waals surface area contributed by atoms with Crippen LogP contribution < -0.4 is 10.1 Å². The number of hydrogen-bond donors (Lipinski definition) is 1. The highest BCUT2D eigenvalue weighted by Gasteiger charge is 2.23. The first-order valence-corrected chi connectivity index (χ1v) is 9.96. The number of nitrogens with zero attached hydrogens (tertiary/aromatic N) is 1. The zero-order valence-corrected chi connectivity index (χ0v) is 16.1. The molecule has 0 saturated carbocycles. The van der Waals surface area contributed by atoms with Crippen LogP contribution in [0.4, 0.5) is 0 Å². The summed E-state index contributed by atoms with van der Waals surface area (Å²) in [6.45, 7) is 7.81. The summed E-state index contributed by atoms with van der Waals surface area (Å²) in [6, 6.07) is 9.61. The van der Waals surface area contributed by atoms with Crippen molar-refractivity contribution in [3.8, 4) is 5.75 Å². The van der Waals surface area contributed by atoms with Crippen LogP contribution >= 0.6 is 11.3 Å². The van der Waals surface area contributed by atoms with E-state index in [2.05, 4.69) is 27.0 Å². The molecule has 1 aliphatic heterocycles. The monoisotopic (exact) mass is 374 g/mol. The molecule has 6 heteroatoms. The molecule has 1 aliphatic rings. The van der Waals surface area contributed by atoms with Gasteiger partial charge >= 0.3 is 0 Å². The molecular formula is C20H26N2O3S. The largest absolute Gasteiger partial charge is 0.491 e. The second-order valence-electron chi connectivity index (χ2n) is 6.62. The van der Waals surface area contributed by atoms with Crippen molar-refractivity contribution in [2.45, 2.75) is 26.0 Å². The number of rotatable bonds is 7. The van der Waals surface area contributed by atoms with Crippen LogP contribution in [0, 0.1) is 0 Å². The lowest BCUT2D eigenvalue weighted by atomic mass is 10.1. The van der Waals surface area contributed by atoms with E-state index in [9.17, 15) is 4.79 Å². The van der Waals surface area contributed by atoms with Gasteiger partial charge in [-0.2, -0.15) is 11.3 Å². The fraction of sp³-hybridized carbons (Fsp3) is 0.450. The minimum atomic E-state index is -0.0606. The Morgan fingerprint density at radius 1 is 1.23 bits per heavy atom. The summed E-state index contributed by atoms with van der Waals surface area (Å²) in [5, 5.41) is 7.33. The molecule has 5 nitrogen and oxygen atoms in total.